The van der Waals surface area contributed by atoms with Crippen molar-refractivity contribution in [1.82, 2.24) is 0 Å². The molecule has 0 unspecified atom stereocenters. The lowest BCUT2D eigenvalue weighted by molar-refractivity contribution is 1.60. The fourth-order valence-corrected chi connectivity index (χ4v) is 1.82. The minimum absolute atomic E-state index is 1.21. The minimum Gasteiger partial charge on any atom is -0.0877 e. The first-order valence-electron chi connectivity index (χ1n) is 6.51. The molecule has 0 radical (unpaired) electrons. The van der Waals surface area contributed by atoms with Crippen LogP contribution in [-0.4, -0.2) is 0 Å². The molecule has 19 heavy (non-hydrogen) atoms. The van der Waals surface area contributed by atoms with Gasteiger partial charge in [-0.3, -0.25) is 0 Å². The van der Waals surface area contributed by atoms with Crippen molar-refractivity contribution < 1.29 is 0 Å². The second-order valence-corrected chi connectivity index (χ2v) is 4.26. The topological polar surface area (TPSA) is 0 Å². The third-order valence-corrected chi connectivity index (χ3v) is 2.83. The van der Waals surface area contributed by atoms with Crippen LogP contribution in [0, 0.1) is 0 Å². The van der Waals surface area contributed by atoms with Gasteiger partial charge in [0.15, 0.2) is 0 Å². The fourth-order valence-electron chi connectivity index (χ4n) is 1.82. The van der Waals surface area contributed by atoms with E-state index in [4.69, 9.17) is 0 Å². The molecule has 0 bridgehead atoms. The quantitative estimate of drug-likeness (QED) is 0.625. The molecule has 0 fully saturated rings. The molecule has 0 aromatic heterocycles. The maximum atomic E-state index is 2.16. The van der Waals surface area contributed by atoms with Crippen molar-refractivity contribution in [2.45, 2.75) is 6.92 Å². The molecule has 0 atom stereocenters. The average molecular weight is 246 g/mol. The monoisotopic (exact) mass is 246 g/mol. The van der Waals surface area contributed by atoms with E-state index < -0.39 is 0 Å². The van der Waals surface area contributed by atoms with E-state index in [1.54, 1.807) is 0 Å². The summed E-state index contributed by atoms with van der Waals surface area (Å²) < 4.78 is 0. The summed E-state index contributed by atoms with van der Waals surface area (Å²) in [5.41, 5.74) is 3.72. The molecule has 0 heteroatoms. The van der Waals surface area contributed by atoms with Gasteiger partial charge in [0.1, 0.15) is 0 Å². The van der Waals surface area contributed by atoms with Gasteiger partial charge in [-0.1, -0.05) is 91.1 Å². The summed E-state index contributed by atoms with van der Waals surface area (Å²) in [7, 11) is 0. The van der Waals surface area contributed by atoms with Gasteiger partial charge in [-0.15, -0.1) is 0 Å². The second-order valence-electron chi connectivity index (χ2n) is 4.26. The van der Waals surface area contributed by atoms with E-state index in [0.29, 0.717) is 0 Å². The Balaban J connectivity index is 2.07. The van der Waals surface area contributed by atoms with Crippen molar-refractivity contribution in [3.05, 3.63) is 90.5 Å². The molecule has 0 spiro atoms. The van der Waals surface area contributed by atoms with E-state index >= 15 is 0 Å². The Labute approximate surface area is 115 Å². The summed E-state index contributed by atoms with van der Waals surface area (Å²) in [6.45, 7) is 2.01. The largest absolute Gasteiger partial charge is 0.0877 e. The smallest absolute Gasteiger partial charge is 0.0184 e. The molecule has 94 valence electrons. The second kappa shape index (κ2) is 7.17. The van der Waals surface area contributed by atoms with Crippen LogP contribution in [0.4, 0.5) is 0 Å². The van der Waals surface area contributed by atoms with Gasteiger partial charge >= 0.3 is 0 Å². The molecule has 2 aromatic carbocycles. The zero-order valence-corrected chi connectivity index (χ0v) is 11.2. The van der Waals surface area contributed by atoms with Crippen molar-refractivity contribution in [2.24, 2.45) is 0 Å². The van der Waals surface area contributed by atoms with Gasteiger partial charge in [0.25, 0.3) is 0 Å². The summed E-state index contributed by atoms with van der Waals surface area (Å²) in [6.07, 6.45) is 12.2. The van der Waals surface area contributed by atoms with Crippen LogP contribution in [0.2, 0.25) is 0 Å². The van der Waals surface area contributed by atoms with Gasteiger partial charge < -0.3 is 0 Å². The molecule has 0 aliphatic rings. The van der Waals surface area contributed by atoms with Gasteiger partial charge in [-0.05, 0) is 23.6 Å². The Morgan fingerprint density at radius 1 is 0.632 bits per heavy atom. The molecule has 0 amide bonds. The first-order valence-corrected chi connectivity index (χ1v) is 6.51. The maximum Gasteiger partial charge on any atom is -0.0184 e. The summed E-state index contributed by atoms with van der Waals surface area (Å²) in [6, 6.07) is 19.0. The summed E-state index contributed by atoms with van der Waals surface area (Å²) in [5.74, 6) is 0. The molecule has 0 N–H and O–H groups in total. The van der Waals surface area contributed by atoms with Crippen LogP contribution in [0.3, 0.4) is 0 Å². The lowest BCUT2D eigenvalue weighted by Crippen LogP contribution is -1.77. The predicted octanol–water partition coefficient (Wildman–Crippen LogP) is 5.50. The Hall–Kier alpha value is -2.34. The normalized spacial score (nSPS) is 11.8. The zero-order chi connectivity index (χ0) is 13.3. The summed E-state index contributed by atoms with van der Waals surface area (Å²) >= 11 is 0. The lowest BCUT2D eigenvalue weighted by Gasteiger charge is -2.01. The number of hydrogen-bond donors (Lipinski definition) is 0. The van der Waals surface area contributed by atoms with Crippen LogP contribution in [0.5, 0.6) is 0 Å². The Kier molecular flexibility index (Phi) is 4.95. The van der Waals surface area contributed by atoms with Gasteiger partial charge in [0.2, 0.25) is 0 Å². The third-order valence-electron chi connectivity index (χ3n) is 2.83. The van der Waals surface area contributed by atoms with Crippen molar-refractivity contribution in [1.29, 1.82) is 0 Å². The van der Waals surface area contributed by atoms with Gasteiger partial charge in [-0.25, -0.2) is 0 Å². The van der Waals surface area contributed by atoms with Crippen LogP contribution in [0.25, 0.3) is 17.2 Å². The molecular weight excluding hydrogens is 228 g/mol. The van der Waals surface area contributed by atoms with Crippen molar-refractivity contribution >= 4 is 6.08 Å². The number of benzene rings is 2. The highest BCUT2D eigenvalue weighted by Crippen LogP contribution is 2.19. The third kappa shape index (κ3) is 4.11. The van der Waals surface area contributed by atoms with E-state index in [-0.39, 0.29) is 0 Å². The van der Waals surface area contributed by atoms with Gasteiger partial charge in [-0.2, -0.15) is 0 Å². The van der Waals surface area contributed by atoms with Crippen LogP contribution < -0.4 is 0 Å². The molecule has 0 aliphatic heterocycles. The Morgan fingerprint density at radius 2 is 1.26 bits per heavy atom. The highest BCUT2D eigenvalue weighted by atomic mass is 14.0. The standard InChI is InChI=1S/C19H18/c1-2-3-4-5-7-10-17-13-15-19(16-14-17)18-11-8-6-9-12-18/h2-16H,1H3/b3-2+,5-4+,10-7+. The molecule has 2 rings (SSSR count). The van der Waals surface area contributed by atoms with Crippen molar-refractivity contribution in [2.75, 3.05) is 0 Å². The molecule has 0 nitrogen and oxygen atoms in total. The van der Waals surface area contributed by atoms with Crippen molar-refractivity contribution in [3.63, 3.8) is 0 Å². The van der Waals surface area contributed by atoms with Crippen molar-refractivity contribution in [3.8, 4) is 11.1 Å². The van der Waals surface area contributed by atoms with Gasteiger partial charge in [0, 0.05) is 0 Å². The number of rotatable bonds is 4. The summed E-state index contributed by atoms with van der Waals surface area (Å²) in [5, 5.41) is 0. The highest BCUT2D eigenvalue weighted by molar-refractivity contribution is 5.65. The molecule has 2 aromatic rings. The maximum absolute atomic E-state index is 2.16. The SMILES string of the molecule is C/C=C/C=C/C=C/c1ccc(-c2ccccc2)cc1. The highest BCUT2D eigenvalue weighted by Gasteiger charge is 1.94. The summed E-state index contributed by atoms with van der Waals surface area (Å²) in [4.78, 5) is 0. The molecule has 0 saturated heterocycles. The Bertz CT molecular complexity index is 569. The van der Waals surface area contributed by atoms with E-state index in [9.17, 15) is 0 Å². The van der Waals surface area contributed by atoms with E-state index in [1.165, 1.54) is 16.7 Å². The molecule has 0 aliphatic carbocycles. The molecular formula is C19H18. The average Bonchev–Trinajstić information content (AvgIpc) is 2.49. The van der Waals surface area contributed by atoms with Crippen LogP contribution >= 0.6 is 0 Å². The Morgan fingerprint density at radius 3 is 1.95 bits per heavy atom. The fraction of sp³-hybridized carbons (Fsp3) is 0.0526. The number of allylic oxidation sites excluding steroid dienone is 5. The van der Waals surface area contributed by atoms with Crippen LogP contribution in [-0.2, 0) is 0 Å². The molecule has 0 saturated carbocycles. The first-order chi connectivity index (χ1) is 9.40. The zero-order valence-electron chi connectivity index (χ0n) is 11.2. The predicted molar refractivity (Wildman–Crippen MR) is 84.9 cm³/mol. The minimum atomic E-state index is 1.21. The van der Waals surface area contributed by atoms with E-state index in [2.05, 4.69) is 60.7 Å². The van der Waals surface area contributed by atoms with Gasteiger partial charge in [0.05, 0.1) is 0 Å². The molecule has 0 heterocycles. The van der Waals surface area contributed by atoms with Crippen LogP contribution in [0.15, 0.2) is 85.0 Å². The number of hydrogen-bond acceptors (Lipinski definition) is 0. The van der Waals surface area contributed by atoms with E-state index in [1.807, 2.05) is 37.3 Å². The first kappa shape index (κ1) is 13.1. The van der Waals surface area contributed by atoms with E-state index in [0.717, 1.165) is 0 Å². The van der Waals surface area contributed by atoms with Crippen LogP contribution in [0.1, 0.15) is 12.5 Å². The lowest BCUT2D eigenvalue weighted by atomic mass is 10.0.